The predicted molar refractivity (Wildman–Crippen MR) is 60.0 cm³/mol. The summed E-state index contributed by atoms with van der Waals surface area (Å²) < 4.78 is 0. The summed E-state index contributed by atoms with van der Waals surface area (Å²) in [5, 5.41) is 1.13. The lowest BCUT2D eigenvalue weighted by atomic mass is 10.3. The molecule has 2 heterocycles. The Kier molecular flexibility index (Phi) is 2.85. The van der Waals surface area contributed by atoms with E-state index in [4.69, 9.17) is 23.2 Å². The van der Waals surface area contributed by atoms with Gasteiger partial charge in [0.25, 0.3) is 0 Å². The first-order valence-electron chi connectivity index (χ1n) is 3.74. The molecule has 0 amide bonds. The van der Waals surface area contributed by atoms with Gasteiger partial charge < -0.3 is 0 Å². The second kappa shape index (κ2) is 3.96. The zero-order chi connectivity index (χ0) is 10.1. The van der Waals surface area contributed by atoms with Crippen LogP contribution in [0, 0.1) is 0 Å². The van der Waals surface area contributed by atoms with Gasteiger partial charge in [0.15, 0.2) is 5.15 Å². The number of halogens is 3. The molecular weight excluding hydrogens is 289 g/mol. The van der Waals surface area contributed by atoms with Crippen molar-refractivity contribution in [2.24, 2.45) is 0 Å². The van der Waals surface area contributed by atoms with E-state index >= 15 is 0 Å². The van der Waals surface area contributed by atoms with Gasteiger partial charge in [0, 0.05) is 11.5 Å². The van der Waals surface area contributed by atoms with Crippen molar-refractivity contribution in [3.05, 3.63) is 28.3 Å². The number of pyridine rings is 1. The number of fused-ring (bicyclic) bond motifs is 1. The van der Waals surface area contributed by atoms with Gasteiger partial charge in [-0.15, -0.1) is 0 Å². The lowest BCUT2D eigenvalue weighted by molar-refractivity contribution is 1.18. The maximum atomic E-state index is 5.85. The van der Waals surface area contributed by atoms with Crippen molar-refractivity contribution in [1.82, 2.24) is 15.0 Å². The Morgan fingerprint density at radius 2 is 2.07 bits per heavy atom. The fraction of sp³-hybridized carbons (Fsp3) is 0.125. The lowest BCUT2D eigenvalue weighted by Gasteiger charge is -2.00. The minimum Gasteiger partial charge on any atom is -0.251 e. The average molecular weight is 293 g/mol. The van der Waals surface area contributed by atoms with Crippen molar-refractivity contribution in [3.8, 4) is 0 Å². The minimum atomic E-state index is 0.135. The monoisotopic (exact) mass is 291 g/mol. The topological polar surface area (TPSA) is 38.7 Å². The standard InChI is InChI=1S/C8H4BrCl2N3/c9-2-4-1-5-6(12-3-4)7(10)14-8(11)13-5/h1,3H,2H2. The lowest BCUT2D eigenvalue weighted by Crippen LogP contribution is -1.91. The summed E-state index contributed by atoms with van der Waals surface area (Å²) in [6.07, 6.45) is 1.72. The molecule has 0 aliphatic carbocycles. The minimum absolute atomic E-state index is 0.135. The van der Waals surface area contributed by atoms with Crippen LogP contribution in [0.25, 0.3) is 11.0 Å². The molecule has 0 aliphatic heterocycles. The van der Waals surface area contributed by atoms with Gasteiger partial charge in [-0.2, -0.15) is 0 Å². The largest absolute Gasteiger partial charge is 0.251 e. The predicted octanol–water partition coefficient (Wildman–Crippen LogP) is 3.23. The van der Waals surface area contributed by atoms with Crippen LogP contribution in [0.15, 0.2) is 12.3 Å². The summed E-state index contributed by atoms with van der Waals surface area (Å²) in [4.78, 5) is 12.0. The highest BCUT2D eigenvalue weighted by Crippen LogP contribution is 2.21. The maximum absolute atomic E-state index is 5.85. The quantitative estimate of drug-likeness (QED) is 0.460. The molecule has 0 unspecified atom stereocenters. The van der Waals surface area contributed by atoms with Gasteiger partial charge in [-0.3, -0.25) is 4.98 Å². The summed E-state index contributed by atoms with van der Waals surface area (Å²) >= 11 is 14.9. The number of alkyl halides is 1. The van der Waals surface area contributed by atoms with E-state index in [9.17, 15) is 0 Å². The van der Waals surface area contributed by atoms with E-state index in [1.807, 2.05) is 6.07 Å². The van der Waals surface area contributed by atoms with E-state index in [1.165, 1.54) is 0 Å². The van der Waals surface area contributed by atoms with Crippen LogP contribution in [0.2, 0.25) is 10.4 Å². The van der Waals surface area contributed by atoms with E-state index in [2.05, 4.69) is 30.9 Å². The molecule has 0 saturated carbocycles. The van der Waals surface area contributed by atoms with Gasteiger partial charge in [-0.05, 0) is 23.2 Å². The third-order valence-corrected chi connectivity index (χ3v) is 2.76. The Balaban J connectivity index is 2.75. The van der Waals surface area contributed by atoms with Crippen LogP contribution in [0.4, 0.5) is 0 Å². The molecule has 0 radical (unpaired) electrons. The molecule has 0 spiro atoms. The number of nitrogens with zero attached hydrogens (tertiary/aromatic N) is 3. The molecule has 14 heavy (non-hydrogen) atoms. The van der Waals surface area contributed by atoms with Crippen LogP contribution in [0.1, 0.15) is 5.56 Å². The molecule has 2 rings (SSSR count). The van der Waals surface area contributed by atoms with Crippen LogP contribution in [-0.2, 0) is 5.33 Å². The Morgan fingerprint density at radius 3 is 2.79 bits per heavy atom. The zero-order valence-corrected chi connectivity index (χ0v) is 9.94. The molecule has 0 fully saturated rings. The number of hydrogen-bond donors (Lipinski definition) is 0. The highest BCUT2D eigenvalue weighted by Gasteiger charge is 2.06. The third kappa shape index (κ3) is 1.82. The van der Waals surface area contributed by atoms with E-state index in [0.717, 1.165) is 10.9 Å². The number of aromatic nitrogens is 3. The first-order chi connectivity index (χ1) is 6.70. The maximum Gasteiger partial charge on any atom is 0.224 e. The van der Waals surface area contributed by atoms with E-state index in [1.54, 1.807) is 6.20 Å². The number of hydrogen-bond acceptors (Lipinski definition) is 3. The summed E-state index contributed by atoms with van der Waals surface area (Å²) in [7, 11) is 0. The van der Waals surface area contributed by atoms with Crippen LogP contribution in [0.5, 0.6) is 0 Å². The molecule has 0 atom stereocenters. The molecular formula is C8H4BrCl2N3. The fourth-order valence-corrected chi connectivity index (χ4v) is 1.82. The molecule has 0 aliphatic rings. The van der Waals surface area contributed by atoms with Gasteiger partial charge in [0.1, 0.15) is 5.52 Å². The van der Waals surface area contributed by atoms with Crippen molar-refractivity contribution in [2.45, 2.75) is 5.33 Å². The first kappa shape index (κ1) is 10.1. The second-order valence-corrected chi connectivity index (χ2v) is 3.89. The zero-order valence-electron chi connectivity index (χ0n) is 6.84. The van der Waals surface area contributed by atoms with Crippen molar-refractivity contribution >= 4 is 50.2 Å². The van der Waals surface area contributed by atoms with Crippen LogP contribution in [-0.4, -0.2) is 15.0 Å². The Bertz CT molecular complexity index is 489. The molecule has 0 bridgehead atoms. The number of rotatable bonds is 1. The smallest absolute Gasteiger partial charge is 0.224 e. The normalized spacial score (nSPS) is 10.8. The fourth-order valence-electron chi connectivity index (χ4n) is 1.07. The molecule has 0 aromatic carbocycles. The summed E-state index contributed by atoms with van der Waals surface area (Å²) in [5.41, 5.74) is 2.25. The average Bonchev–Trinajstić information content (AvgIpc) is 2.16. The molecule has 2 aromatic heterocycles. The molecule has 2 aromatic rings. The van der Waals surface area contributed by atoms with E-state index < -0.39 is 0 Å². The Labute approximate surface area is 98.6 Å². The van der Waals surface area contributed by atoms with Crippen LogP contribution < -0.4 is 0 Å². The molecule has 3 nitrogen and oxygen atoms in total. The third-order valence-electron chi connectivity index (χ3n) is 1.68. The molecule has 0 N–H and O–H groups in total. The van der Waals surface area contributed by atoms with E-state index in [0.29, 0.717) is 11.0 Å². The Morgan fingerprint density at radius 1 is 1.29 bits per heavy atom. The second-order valence-electron chi connectivity index (χ2n) is 2.63. The molecule has 72 valence electrons. The first-order valence-corrected chi connectivity index (χ1v) is 5.62. The van der Waals surface area contributed by atoms with Crippen LogP contribution >= 0.6 is 39.1 Å². The highest BCUT2D eigenvalue weighted by molar-refractivity contribution is 9.08. The summed E-state index contributed by atoms with van der Waals surface area (Å²) in [6, 6.07) is 1.87. The molecule has 6 heteroatoms. The SMILES string of the molecule is Clc1nc(Cl)c2ncc(CBr)cc2n1. The van der Waals surface area contributed by atoms with Gasteiger partial charge in [-0.25, -0.2) is 9.97 Å². The van der Waals surface area contributed by atoms with Crippen molar-refractivity contribution in [2.75, 3.05) is 0 Å². The van der Waals surface area contributed by atoms with Gasteiger partial charge in [0.2, 0.25) is 5.28 Å². The summed E-state index contributed by atoms with van der Waals surface area (Å²) in [5.74, 6) is 0. The van der Waals surface area contributed by atoms with Crippen LogP contribution in [0.3, 0.4) is 0 Å². The van der Waals surface area contributed by atoms with Crippen molar-refractivity contribution in [3.63, 3.8) is 0 Å². The summed E-state index contributed by atoms with van der Waals surface area (Å²) in [6.45, 7) is 0. The van der Waals surface area contributed by atoms with E-state index in [-0.39, 0.29) is 10.4 Å². The Hall–Kier alpha value is -0.450. The van der Waals surface area contributed by atoms with Gasteiger partial charge >= 0.3 is 0 Å². The van der Waals surface area contributed by atoms with Gasteiger partial charge in [0.05, 0.1) is 5.52 Å². The van der Waals surface area contributed by atoms with Crippen molar-refractivity contribution in [1.29, 1.82) is 0 Å². The van der Waals surface area contributed by atoms with Gasteiger partial charge in [-0.1, -0.05) is 27.5 Å². The molecule has 0 saturated heterocycles. The highest BCUT2D eigenvalue weighted by atomic mass is 79.9. The van der Waals surface area contributed by atoms with Crippen molar-refractivity contribution < 1.29 is 0 Å².